The van der Waals surface area contributed by atoms with Gasteiger partial charge in [-0.15, -0.1) is 11.6 Å². The first-order chi connectivity index (χ1) is 6.37. The topological polar surface area (TPSA) is 55.3 Å². The van der Waals surface area contributed by atoms with E-state index in [1.807, 2.05) is 6.92 Å². The lowest BCUT2D eigenvalue weighted by atomic mass is 9.96. The van der Waals surface area contributed by atoms with Crippen LogP contribution in [0.1, 0.15) is 6.92 Å². The van der Waals surface area contributed by atoms with Crippen LogP contribution in [0.2, 0.25) is 0 Å². The maximum atomic E-state index is 5.88. The second-order valence-corrected chi connectivity index (χ2v) is 7.04. The van der Waals surface area contributed by atoms with Gasteiger partial charge in [0.15, 0.2) is 0 Å². The van der Waals surface area contributed by atoms with E-state index in [9.17, 15) is 0 Å². The molecule has 4 N–H and O–H groups in total. The lowest BCUT2D eigenvalue weighted by Gasteiger charge is -2.33. The predicted molar refractivity (Wildman–Crippen MR) is 72.6 cm³/mol. The summed E-state index contributed by atoms with van der Waals surface area (Å²) >= 11 is 15.9. The van der Waals surface area contributed by atoms with Gasteiger partial charge in [0.2, 0.25) is 0 Å². The van der Waals surface area contributed by atoms with Crippen molar-refractivity contribution in [2.45, 2.75) is 10.7 Å². The molecule has 0 aliphatic carbocycles. The molecule has 0 fully saturated rings. The molecule has 0 aromatic carbocycles. The molecule has 84 valence electrons. The Bertz CT molecular complexity index is 212. The van der Waals surface area contributed by atoms with Crippen molar-refractivity contribution in [1.82, 2.24) is 5.01 Å². The molecule has 14 heavy (non-hydrogen) atoms. The van der Waals surface area contributed by atoms with Gasteiger partial charge in [-0.3, -0.25) is 5.01 Å². The first-order valence-corrected chi connectivity index (χ1v) is 7.07. The van der Waals surface area contributed by atoms with Crippen LogP contribution in [-0.4, -0.2) is 21.2 Å². The lowest BCUT2D eigenvalue weighted by Crippen LogP contribution is -2.45. The monoisotopic (exact) mass is 411 g/mol. The molecule has 0 aromatic rings. The molecule has 0 radical (unpaired) electrons. The van der Waals surface area contributed by atoms with E-state index in [-0.39, 0.29) is 9.15 Å². The predicted octanol–water partition coefficient (Wildman–Crippen LogP) is 2.68. The van der Waals surface area contributed by atoms with Crippen molar-refractivity contribution in [3.8, 4) is 0 Å². The number of nitrogens with two attached hydrogens (primary N) is 2. The van der Waals surface area contributed by atoms with E-state index >= 15 is 0 Å². The lowest BCUT2D eigenvalue weighted by molar-refractivity contribution is 0.240. The summed E-state index contributed by atoms with van der Waals surface area (Å²) in [4.78, 5) is 1.57. The van der Waals surface area contributed by atoms with Crippen LogP contribution in [0.3, 0.4) is 0 Å². The molecule has 0 bridgehead atoms. The molecule has 0 saturated carbocycles. The zero-order chi connectivity index (χ0) is 11.4. The van der Waals surface area contributed by atoms with Gasteiger partial charge >= 0.3 is 0 Å². The van der Waals surface area contributed by atoms with Gasteiger partial charge in [-0.2, -0.15) is 0 Å². The van der Waals surface area contributed by atoms with Gasteiger partial charge in [-0.1, -0.05) is 54.7 Å². The van der Waals surface area contributed by atoms with Gasteiger partial charge in [0.05, 0.1) is 3.74 Å². The van der Waals surface area contributed by atoms with Crippen LogP contribution in [0.4, 0.5) is 0 Å². The standard InChI is InChI=1S/C7H13Br3ClN3/c1-7(3-11,6(9)10)4-14(13)5(12)2-8/h2,6H,3-4,12-13H2,1H3/b5-2+. The minimum Gasteiger partial charge on any atom is -0.384 e. The molecule has 0 spiro atoms. The summed E-state index contributed by atoms with van der Waals surface area (Å²) in [6, 6.07) is 0. The minimum atomic E-state index is -0.197. The summed E-state index contributed by atoms with van der Waals surface area (Å²) in [6.45, 7) is 2.56. The van der Waals surface area contributed by atoms with Crippen molar-refractivity contribution in [1.29, 1.82) is 0 Å². The Kier molecular flexibility index (Phi) is 7.06. The van der Waals surface area contributed by atoms with Crippen molar-refractivity contribution >= 4 is 59.4 Å². The highest BCUT2D eigenvalue weighted by Gasteiger charge is 2.32. The second-order valence-electron chi connectivity index (χ2n) is 3.25. The average molecular weight is 414 g/mol. The molecule has 0 aliphatic rings. The van der Waals surface area contributed by atoms with Gasteiger partial charge in [0.1, 0.15) is 5.82 Å². The van der Waals surface area contributed by atoms with E-state index in [4.69, 9.17) is 23.2 Å². The number of rotatable bonds is 5. The van der Waals surface area contributed by atoms with Crippen LogP contribution in [-0.2, 0) is 0 Å². The molecule has 0 aromatic heterocycles. The Morgan fingerprint density at radius 1 is 1.64 bits per heavy atom. The normalized spacial score (nSPS) is 16.9. The van der Waals surface area contributed by atoms with Gasteiger partial charge < -0.3 is 5.73 Å². The number of hydrogen-bond acceptors (Lipinski definition) is 3. The molecule has 1 unspecified atom stereocenters. The molecule has 1 atom stereocenters. The first kappa shape index (κ1) is 15.0. The maximum Gasteiger partial charge on any atom is 0.120 e. The summed E-state index contributed by atoms with van der Waals surface area (Å²) in [5.74, 6) is 6.67. The summed E-state index contributed by atoms with van der Waals surface area (Å²) < 4.78 is 0.0779. The van der Waals surface area contributed by atoms with E-state index in [2.05, 4.69) is 47.8 Å². The summed E-state index contributed by atoms with van der Waals surface area (Å²) in [7, 11) is 0. The van der Waals surface area contributed by atoms with E-state index in [0.717, 1.165) is 0 Å². The highest BCUT2D eigenvalue weighted by molar-refractivity contribution is 9.24. The number of hydrogen-bond donors (Lipinski definition) is 2. The van der Waals surface area contributed by atoms with E-state index in [1.54, 1.807) is 4.99 Å². The third-order valence-corrected chi connectivity index (χ3v) is 5.10. The molecule has 0 amide bonds. The fourth-order valence-electron chi connectivity index (χ4n) is 0.713. The smallest absolute Gasteiger partial charge is 0.120 e. The summed E-state index contributed by atoms with van der Waals surface area (Å²) in [5, 5.41) is 1.45. The Morgan fingerprint density at radius 2 is 2.14 bits per heavy atom. The van der Waals surface area contributed by atoms with Crippen molar-refractivity contribution in [2.24, 2.45) is 17.0 Å². The van der Waals surface area contributed by atoms with Crippen LogP contribution in [0.25, 0.3) is 0 Å². The number of hydrazine groups is 1. The van der Waals surface area contributed by atoms with Crippen molar-refractivity contribution < 1.29 is 0 Å². The number of halogens is 4. The van der Waals surface area contributed by atoms with Crippen molar-refractivity contribution in [3.63, 3.8) is 0 Å². The Balaban J connectivity index is 4.47. The summed E-state index contributed by atoms with van der Waals surface area (Å²) in [6.07, 6.45) is 0. The minimum absolute atomic E-state index is 0.0779. The Hall–Kier alpha value is 1.03. The molecule has 7 heteroatoms. The SMILES string of the molecule is CC(CCl)(CN(N)/C(N)=C/Br)C(Br)Br. The third kappa shape index (κ3) is 4.26. The quantitative estimate of drug-likeness (QED) is 0.413. The Labute approximate surface area is 115 Å². The zero-order valence-electron chi connectivity index (χ0n) is 7.68. The van der Waals surface area contributed by atoms with Crippen LogP contribution in [0, 0.1) is 5.41 Å². The van der Waals surface area contributed by atoms with E-state index in [1.165, 1.54) is 5.01 Å². The fourth-order valence-corrected chi connectivity index (χ4v) is 2.20. The van der Waals surface area contributed by atoms with Crippen LogP contribution in [0.5, 0.6) is 0 Å². The molecule has 0 rings (SSSR count). The van der Waals surface area contributed by atoms with Gasteiger partial charge in [-0.05, 0) is 0 Å². The van der Waals surface area contributed by atoms with Crippen molar-refractivity contribution in [2.75, 3.05) is 12.4 Å². The number of nitrogens with zero attached hydrogens (tertiary/aromatic N) is 1. The van der Waals surface area contributed by atoms with Crippen molar-refractivity contribution in [3.05, 3.63) is 10.8 Å². The van der Waals surface area contributed by atoms with Crippen LogP contribution < -0.4 is 11.6 Å². The highest BCUT2D eigenvalue weighted by Crippen LogP contribution is 2.34. The molecule has 0 heterocycles. The maximum absolute atomic E-state index is 5.88. The third-order valence-electron chi connectivity index (χ3n) is 1.81. The van der Waals surface area contributed by atoms with E-state index in [0.29, 0.717) is 18.2 Å². The molecule has 0 aliphatic heterocycles. The highest BCUT2D eigenvalue weighted by atomic mass is 79.9. The van der Waals surface area contributed by atoms with E-state index < -0.39 is 0 Å². The first-order valence-electron chi connectivity index (χ1n) is 3.79. The van der Waals surface area contributed by atoms with Crippen LogP contribution in [0.15, 0.2) is 10.8 Å². The van der Waals surface area contributed by atoms with Gasteiger partial charge in [-0.25, -0.2) is 5.84 Å². The Morgan fingerprint density at radius 3 is 2.43 bits per heavy atom. The summed E-state index contributed by atoms with van der Waals surface area (Å²) in [5.41, 5.74) is 5.42. The molecular formula is C7H13Br3ClN3. The zero-order valence-corrected chi connectivity index (χ0v) is 13.2. The fraction of sp³-hybridized carbons (Fsp3) is 0.714. The molecular weight excluding hydrogens is 401 g/mol. The number of alkyl halides is 3. The average Bonchev–Trinajstić information content (AvgIpc) is 2.15. The molecule has 3 nitrogen and oxygen atoms in total. The van der Waals surface area contributed by atoms with Gasteiger partial charge in [0, 0.05) is 22.8 Å². The van der Waals surface area contributed by atoms with Gasteiger partial charge in [0.25, 0.3) is 0 Å². The largest absolute Gasteiger partial charge is 0.384 e. The van der Waals surface area contributed by atoms with Crippen LogP contribution >= 0.6 is 59.4 Å². The second kappa shape index (κ2) is 6.58. The molecule has 0 saturated heterocycles.